The van der Waals surface area contributed by atoms with E-state index in [0.717, 1.165) is 0 Å². The summed E-state index contributed by atoms with van der Waals surface area (Å²) in [7, 11) is 0. The SMILES string of the molecule is O=C(O[C@H](C(=O)c1ccccc1)c1ccc(Cl)cc1)c1ccccc1Br. The quantitative estimate of drug-likeness (QED) is 0.375. The molecule has 0 N–H and O–H groups in total. The van der Waals surface area contributed by atoms with E-state index >= 15 is 0 Å². The van der Waals surface area contributed by atoms with E-state index in [1.807, 2.05) is 6.07 Å². The highest BCUT2D eigenvalue weighted by atomic mass is 79.9. The summed E-state index contributed by atoms with van der Waals surface area (Å²) in [6, 6.07) is 22.3. The summed E-state index contributed by atoms with van der Waals surface area (Å²) in [5.41, 5.74) is 1.38. The molecule has 1 atom stereocenters. The van der Waals surface area contributed by atoms with Crippen LogP contribution >= 0.6 is 27.5 Å². The number of carbonyl (C=O) groups is 2. The van der Waals surface area contributed by atoms with Crippen LogP contribution in [0.1, 0.15) is 32.4 Å². The molecule has 3 rings (SSSR count). The lowest BCUT2D eigenvalue weighted by molar-refractivity contribution is 0.0279. The maximum absolute atomic E-state index is 13.0. The van der Waals surface area contributed by atoms with Crippen molar-refractivity contribution in [2.24, 2.45) is 0 Å². The number of benzene rings is 3. The third kappa shape index (κ3) is 4.21. The first-order valence-corrected chi connectivity index (χ1v) is 9.03. The van der Waals surface area contributed by atoms with Crippen molar-refractivity contribution >= 4 is 39.3 Å². The molecular formula is C21H14BrClO3. The summed E-state index contributed by atoms with van der Waals surface area (Å²) in [4.78, 5) is 25.6. The smallest absolute Gasteiger partial charge is 0.340 e. The van der Waals surface area contributed by atoms with Crippen molar-refractivity contribution in [1.29, 1.82) is 0 Å². The number of hydrogen-bond donors (Lipinski definition) is 0. The summed E-state index contributed by atoms with van der Waals surface area (Å²) in [6.07, 6.45) is -1.06. The Kier molecular flexibility index (Phi) is 5.86. The normalized spacial score (nSPS) is 11.6. The van der Waals surface area contributed by atoms with Gasteiger partial charge in [-0.05, 0) is 40.2 Å². The monoisotopic (exact) mass is 428 g/mol. The molecule has 3 aromatic rings. The molecule has 5 heteroatoms. The van der Waals surface area contributed by atoms with Crippen molar-refractivity contribution in [2.45, 2.75) is 6.10 Å². The fourth-order valence-corrected chi connectivity index (χ4v) is 3.03. The molecule has 0 radical (unpaired) electrons. The van der Waals surface area contributed by atoms with Crippen LogP contribution in [0, 0.1) is 0 Å². The van der Waals surface area contributed by atoms with Crippen LogP contribution in [0.3, 0.4) is 0 Å². The van der Waals surface area contributed by atoms with Crippen LogP contribution in [0.15, 0.2) is 83.3 Å². The molecule has 0 aliphatic rings. The molecule has 0 spiro atoms. The zero-order chi connectivity index (χ0) is 18.5. The van der Waals surface area contributed by atoms with Gasteiger partial charge in [-0.2, -0.15) is 0 Å². The molecule has 0 aromatic heterocycles. The number of hydrogen-bond acceptors (Lipinski definition) is 3. The second kappa shape index (κ2) is 8.30. The van der Waals surface area contributed by atoms with Crippen molar-refractivity contribution in [3.8, 4) is 0 Å². The molecule has 0 aliphatic heterocycles. The lowest BCUT2D eigenvalue weighted by atomic mass is 9.99. The first kappa shape index (κ1) is 18.4. The van der Waals surface area contributed by atoms with Gasteiger partial charge in [0.1, 0.15) is 0 Å². The minimum Gasteiger partial charge on any atom is -0.445 e. The van der Waals surface area contributed by atoms with Gasteiger partial charge in [0.25, 0.3) is 0 Å². The van der Waals surface area contributed by atoms with Gasteiger partial charge in [-0.3, -0.25) is 4.79 Å². The molecule has 0 unspecified atom stereocenters. The van der Waals surface area contributed by atoms with Gasteiger partial charge >= 0.3 is 5.97 Å². The van der Waals surface area contributed by atoms with Gasteiger partial charge in [0.05, 0.1) is 5.56 Å². The van der Waals surface area contributed by atoms with E-state index in [4.69, 9.17) is 16.3 Å². The molecule has 0 aliphatic carbocycles. The van der Waals surface area contributed by atoms with E-state index in [0.29, 0.717) is 26.2 Å². The van der Waals surface area contributed by atoms with E-state index in [-0.39, 0.29) is 5.78 Å². The van der Waals surface area contributed by atoms with E-state index < -0.39 is 12.1 Å². The van der Waals surface area contributed by atoms with Gasteiger partial charge in [0, 0.05) is 20.6 Å². The van der Waals surface area contributed by atoms with Crippen LogP contribution < -0.4 is 0 Å². The van der Waals surface area contributed by atoms with Crippen LogP contribution in [-0.2, 0) is 4.74 Å². The van der Waals surface area contributed by atoms with Gasteiger partial charge in [0.15, 0.2) is 6.10 Å². The number of esters is 1. The first-order chi connectivity index (χ1) is 12.6. The van der Waals surface area contributed by atoms with E-state index in [1.54, 1.807) is 72.8 Å². The zero-order valence-corrected chi connectivity index (χ0v) is 15.9. The molecule has 0 saturated carbocycles. The summed E-state index contributed by atoms with van der Waals surface area (Å²) in [5, 5.41) is 0.539. The highest BCUT2D eigenvalue weighted by molar-refractivity contribution is 9.10. The van der Waals surface area contributed by atoms with E-state index in [2.05, 4.69) is 15.9 Å². The molecule has 0 saturated heterocycles. The largest absolute Gasteiger partial charge is 0.445 e. The Morgan fingerprint density at radius 3 is 2.12 bits per heavy atom. The van der Waals surface area contributed by atoms with Crippen molar-refractivity contribution in [1.82, 2.24) is 0 Å². The van der Waals surface area contributed by atoms with Crippen molar-refractivity contribution in [2.75, 3.05) is 0 Å². The van der Waals surface area contributed by atoms with E-state index in [9.17, 15) is 9.59 Å². The second-order valence-electron chi connectivity index (χ2n) is 5.55. The maximum atomic E-state index is 13.0. The lowest BCUT2D eigenvalue weighted by Gasteiger charge is -2.18. The van der Waals surface area contributed by atoms with Crippen LogP contribution in [0.4, 0.5) is 0 Å². The molecule has 3 nitrogen and oxygen atoms in total. The summed E-state index contributed by atoms with van der Waals surface area (Å²) in [5.74, 6) is -0.880. The number of ether oxygens (including phenoxy) is 1. The minimum atomic E-state index is -1.06. The van der Waals surface area contributed by atoms with Crippen LogP contribution in [0.2, 0.25) is 5.02 Å². The number of carbonyl (C=O) groups excluding carboxylic acids is 2. The Bertz CT molecular complexity index is 924. The zero-order valence-electron chi connectivity index (χ0n) is 13.6. The highest BCUT2D eigenvalue weighted by Gasteiger charge is 2.27. The predicted octanol–water partition coefficient (Wildman–Crippen LogP) is 5.88. The third-order valence-corrected chi connectivity index (χ3v) is 4.73. The average molecular weight is 430 g/mol. The van der Waals surface area contributed by atoms with Crippen molar-refractivity contribution in [3.63, 3.8) is 0 Å². The van der Waals surface area contributed by atoms with Crippen LogP contribution in [0.25, 0.3) is 0 Å². The van der Waals surface area contributed by atoms with Gasteiger partial charge < -0.3 is 4.74 Å². The summed E-state index contributed by atoms with van der Waals surface area (Å²) >= 11 is 9.27. The van der Waals surface area contributed by atoms with Crippen LogP contribution in [-0.4, -0.2) is 11.8 Å². The molecular weight excluding hydrogens is 416 g/mol. The highest BCUT2D eigenvalue weighted by Crippen LogP contribution is 2.27. The minimum absolute atomic E-state index is 0.298. The molecule has 0 fully saturated rings. The lowest BCUT2D eigenvalue weighted by Crippen LogP contribution is -2.20. The molecule has 0 bridgehead atoms. The number of halogens is 2. The predicted molar refractivity (Wildman–Crippen MR) is 105 cm³/mol. The van der Waals surface area contributed by atoms with Crippen molar-refractivity contribution in [3.05, 3.63) is 105 Å². The Labute approximate surface area is 164 Å². The van der Waals surface area contributed by atoms with Gasteiger partial charge in [-0.15, -0.1) is 0 Å². The van der Waals surface area contributed by atoms with Crippen LogP contribution in [0.5, 0.6) is 0 Å². The molecule has 26 heavy (non-hydrogen) atoms. The Balaban J connectivity index is 1.95. The van der Waals surface area contributed by atoms with Gasteiger partial charge in [0.2, 0.25) is 5.78 Å². The standard InChI is InChI=1S/C21H14BrClO3/c22-18-9-5-4-8-17(18)21(25)26-20(15-10-12-16(23)13-11-15)19(24)14-6-2-1-3-7-14/h1-13,20H/t20-/m0/s1. The third-order valence-electron chi connectivity index (χ3n) is 3.79. The molecule has 0 heterocycles. The summed E-state index contributed by atoms with van der Waals surface area (Å²) in [6.45, 7) is 0. The average Bonchev–Trinajstić information content (AvgIpc) is 2.67. The fourth-order valence-electron chi connectivity index (χ4n) is 2.46. The summed E-state index contributed by atoms with van der Waals surface area (Å²) < 4.78 is 6.20. The number of rotatable bonds is 5. The van der Waals surface area contributed by atoms with Gasteiger partial charge in [-0.1, -0.05) is 66.2 Å². The van der Waals surface area contributed by atoms with Crippen molar-refractivity contribution < 1.29 is 14.3 Å². The number of Topliss-reactive ketones (excluding diaryl/α,β-unsaturated/α-hetero) is 1. The molecule has 130 valence electrons. The Morgan fingerprint density at radius 2 is 1.46 bits per heavy atom. The Hall–Kier alpha value is -2.43. The first-order valence-electron chi connectivity index (χ1n) is 7.86. The molecule has 0 amide bonds. The topological polar surface area (TPSA) is 43.4 Å². The van der Waals surface area contributed by atoms with E-state index in [1.165, 1.54) is 0 Å². The number of ketones is 1. The second-order valence-corrected chi connectivity index (χ2v) is 6.84. The van der Waals surface area contributed by atoms with Gasteiger partial charge in [-0.25, -0.2) is 4.79 Å². The molecule has 3 aromatic carbocycles. The Morgan fingerprint density at radius 1 is 0.846 bits per heavy atom. The maximum Gasteiger partial charge on any atom is 0.340 e. The fraction of sp³-hybridized carbons (Fsp3) is 0.0476.